The predicted molar refractivity (Wildman–Crippen MR) is 150 cm³/mol. The van der Waals surface area contributed by atoms with Crippen LogP contribution in [0.4, 0.5) is 17.2 Å². The van der Waals surface area contributed by atoms with Crippen molar-refractivity contribution in [2.45, 2.75) is 30.7 Å². The molecule has 200 valence electrons. The number of amides is 1. The zero-order valence-electron chi connectivity index (χ0n) is 20.8. The Hall–Kier alpha value is -3.08. The van der Waals surface area contributed by atoms with Gasteiger partial charge in [0, 0.05) is 49.1 Å². The highest BCUT2D eigenvalue weighted by atomic mass is 35.5. The molecule has 38 heavy (non-hydrogen) atoms. The largest absolute Gasteiger partial charge is 0.368 e. The third kappa shape index (κ3) is 5.67. The highest BCUT2D eigenvalue weighted by Gasteiger charge is 2.31. The van der Waals surface area contributed by atoms with Crippen LogP contribution in [-0.2, 0) is 21.2 Å². The molecule has 0 saturated carbocycles. The topological polar surface area (TPSA) is 98.7 Å². The Morgan fingerprint density at radius 2 is 1.74 bits per heavy atom. The monoisotopic (exact) mass is 574 g/mol. The van der Waals surface area contributed by atoms with E-state index < -0.39 is 10.0 Å². The van der Waals surface area contributed by atoms with Crippen molar-refractivity contribution in [1.82, 2.24) is 14.9 Å². The van der Waals surface area contributed by atoms with Crippen LogP contribution in [0.3, 0.4) is 0 Å². The summed E-state index contributed by atoms with van der Waals surface area (Å²) in [6.07, 6.45) is 4.58. The van der Waals surface area contributed by atoms with Crippen molar-refractivity contribution in [1.29, 1.82) is 0 Å². The minimum absolute atomic E-state index is 0.0495. The van der Waals surface area contributed by atoms with E-state index in [0.717, 1.165) is 35.8 Å². The molecule has 0 aliphatic carbocycles. The van der Waals surface area contributed by atoms with Crippen LogP contribution in [-0.4, -0.2) is 68.0 Å². The minimum Gasteiger partial charge on any atom is -0.368 e. The Labute approximate surface area is 232 Å². The van der Waals surface area contributed by atoms with Crippen molar-refractivity contribution in [3.63, 3.8) is 0 Å². The first-order chi connectivity index (χ1) is 18.2. The summed E-state index contributed by atoms with van der Waals surface area (Å²) in [6.45, 7) is 5.33. The summed E-state index contributed by atoms with van der Waals surface area (Å²) in [5.41, 5.74) is 3.18. The van der Waals surface area contributed by atoms with E-state index in [-0.39, 0.29) is 27.8 Å². The third-order valence-electron chi connectivity index (χ3n) is 6.97. The van der Waals surface area contributed by atoms with Crippen LogP contribution < -0.4 is 14.5 Å². The van der Waals surface area contributed by atoms with E-state index in [1.165, 1.54) is 18.0 Å². The fourth-order valence-electron chi connectivity index (χ4n) is 5.00. The summed E-state index contributed by atoms with van der Waals surface area (Å²) >= 11 is 12.0. The molecule has 5 rings (SSSR count). The van der Waals surface area contributed by atoms with Gasteiger partial charge in [0.15, 0.2) is 5.82 Å². The van der Waals surface area contributed by atoms with E-state index in [9.17, 15) is 13.2 Å². The number of aryl methyl sites for hydroxylation is 1. The minimum atomic E-state index is -3.84. The Balaban J connectivity index is 1.19. The number of sulfonamides is 1. The maximum Gasteiger partial charge on any atom is 0.263 e. The number of benzene rings is 2. The zero-order chi connectivity index (χ0) is 26.9. The molecule has 12 heteroatoms. The first-order valence-electron chi connectivity index (χ1n) is 12.4. The molecule has 0 spiro atoms. The molecule has 2 aromatic carbocycles. The lowest BCUT2D eigenvalue weighted by Gasteiger charge is -2.41. The zero-order valence-corrected chi connectivity index (χ0v) is 23.2. The van der Waals surface area contributed by atoms with Gasteiger partial charge in [-0.15, -0.1) is 0 Å². The van der Waals surface area contributed by atoms with Crippen molar-refractivity contribution in [2.24, 2.45) is 0 Å². The van der Waals surface area contributed by atoms with Crippen LogP contribution in [0, 0.1) is 0 Å². The molecule has 1 saturated heterocycles. The summed E-state index contributed by atoms with van der Waals surface area (Å²) in [5, 5.41) is 0.816. The average molecular weight is 576 g/mol. The SMILES string of the molecule is CC(C(=O)N1CCN(c2ccc(S(=O)(=O)Nc3cncc(Cl)n3)cc2)CC1)N1CCCc2cc(Cl)ccc21. The molecule has 9 nitrogen and oxygen atoms in total. The number of rotatable bonds is 6. The number of hydrogen-bond donors (Lipinski definition) is 1. The molecule has 3 aromatic rings. The smallest absolute Gasteiger partial charge is 0.263 e. The summed E-state index contributed by atoms with van der Waals surface area (Å²) in [5.74, 6) is 0.164. The van der Waals surface area contributed by atoms with Gasteiger partial charge in [-0.1, -0.05) is 23.2 Å². The van der Waals surface area contributed by atoms with Gasteiger partial charge in [0.25, 0.3) is 10.0 Å². The molecule has 1 aromatic heterocycles. The lowest BCUT2D eigenvalue weighted by molar-refractivity contribution is -0.132. The second-order valence-corrected chi connectivity index (χ2v) is 11.9. The molecule has 2 aliphatic rings. The Morgan fingerprint density at radius 3 is 2.45 bits per heavy atom. The highest BCUT2D eigenvalue weighted by Crippen LogP contribution is 2.31. The summed E-state index contributed by atoms with van der Waals surface area (Å²) in [6, 6.07) is 12.3. The molecular weight excluding hydrogens is 547 g/mol. The van der Waals surface area contributed by atoms with Gasteiger partial charge in [-0.25, -0.2) is 13.4 Å². The van der Waals surface area contributed by atoms with Crippen LogP contribution in [0.5, 0.6) is 0 Å². The van der Waals surface area contributed by atoms with E-state index in [1.807, 2.05) is 30.0 Å². The van der Waals surface area contributed by atoms with Crippen molar-refractivity contribution < 1.29 is 13.2 Å². The summed E-state index contributed by atoms with van der Waals surface area (Å²) in [4.78, 5) is 27.5. The molecule has 3 heterocycles. The van der Waals surface area contributed by atoms with E-state index in [2.05, 4.69) is 24.5 Å². The van der Waals surface area contributed by atoms with Crippen molar-refractivity contribution in [2.75, 3.05) is 47.2 Å². The Morgan fingerprint density at radius 1 is 1.00 bits per heavy atom. The number of piperazine rings is 1. The van der Waals surface area contributed by atoms with E-state index in [0.29, 0.717) is 26.2 Å². The predicted octanol–water partition coefficient (Wildman–Crippen LogP) is 4.07. The number of halogens is 2. The first-order valence-corrected chi connectivity index (χ1v) is 14.6. The quantitative estimate of drug-likeness (QED) is 0.473. The Bertz CT molecular complexity index is 1430. The molecular formula is C26H28Cl2N6O3S. The molecule has 2 aliphatic heterocycles. The molecule has 1 atom stereocenters. The van der Waals surface area contributed by atoms with Gasteiger partial charge >= 0.3 is 0 Å². The van der Waals surface area contributed by atoms with Gasteiger partial charge in [-0.05, 0) is 67.8 Å². The molecule has 1 fully saturated rings. The number of fused-ring (bicyclic) bond motifs is 1. The van der Waals surface area contributed by atoms with Gasteiger partial charge in [-0.3, -0.25) is 14.5 Å². The summed E-state index contributed by atoms with van der Waals surface area (Å²) < 4.78 is 27.8. The normalized spacial score (nSPS) is 16.7. The number of carbonyl (C=O) groups is 1. The number of anilines is 3. The summed E-state index contributed by atoms with van der Waals surface area (Å²) in [7, 11) is -3.84. The molecule has 1 N–H and O–H groups in total. The van der Waals surface area contributed by atoms with Gasteiger partial charge < -0.3 is 14.7 Å². The standard InChI is InChI=1S/C26H28Cl2N6O3S/c1-18(34-10-2-3-19-15-20(27)4-9-23(19)34)26(35)33-13-11-32(12-14-33)21-5-7-22(8-6-21)38(36,37)31-25-17-29-16-24(28)30-25/h4-9,15-18H,2-3,10-14H2,1H3,(H,30,31). The highest BCUT2D eigenvalue weighted by molar-refractivity contribution is 7.92. The molecule has 1 unspecified atom stereocenters. The average Bonchev–Trinajstić information content (AvgIpc) is 2.91. The van der Waals surface area contributed by atoms with Crippen molar-refractivity contribution in [3.8, 4) is 0 Å². The van der Waals surface area contributed by atoms with Crippen molar-refractivity contribution >= 4 is 56.3 Å². The number of nitrogens with one attached hydrogen (secondary N) is 1. The number of carbonyl (C=O) groups excluding carboxylic acids is 1. The van der Waals surface area contributed by atoms with E-state index in [1.54, 1.807) is 24.3 Å². The van der Waals surface area contributed by atoms with Gasteiger partial charge in [-0.2, -0.15) is 0 Å². The molecule has 1 amide bonds. The van der Waals surface area contributed by atoms with Crippen LogP contribution in [0.25, 0.3) is 0 Å². The van der Waals surface area contributed by atoms with Gasteiger partial charge in [0.1, 0.15) is 11.2 Å². The van der Waals surface area contributed by atoms with Crippen LogP contribution >= 0.6 is 23.2 Å². The van der Waals surface area contributed by atoms with E-state index in [4.69, 9.17) is 23.2 Å². The van der Waals surface area contributed by atoms with Gasteiger partial charge in [0.05, 0.1) is 17.3 Å². The number of hydrogen-bond acceptors (Lipinski definition) is 7. The van der Waals surface area contributed by atoms with Crippen LogP contribution in [0.2, 0.25) is 10.2 Å². The number of aromatic nitrogens is 2. The fourth-order valence-corrected chi connectivity index (χ4v) is 6.33. The van der Waals surface area contributed by atoms with E-state index >= 15 is 0 Å². The second kappa shape index (κ2) is 11.0. The first kappa shape index (κ1) is 26.5. The van der Waals surface area contributed by atoms with Crippen LogP contribution in [0.1, 0.15) is 18.9 Å². The number of nitrogens with zero attached hydrogens (tertiary/aromatic N) is 5. The Kier molecular flexibility index (Phi) is 7.65. The molecule has 0 bridgehead atoms. The maximum absolute atomic E-state index is 13.4. The fraction of sp³-hybridized carbons (Fsp3) is 0.346. The lowest BCUT2D eigenvalue weighted by Crippen LogP contribution is -2.55. The lowest BCUT2D eigenvalue weighted by atomic mass is 10.00. The molecule has 0 radical (unpaired) electrons. The van der Waals surface area contributed by atoms with Crippen molar-refractivity contribution in [3.05, 3.63) is 70.6 Å². The second-order valence-electron chi connectivity index (χ2n) is 9.38. The third-order valence-corrected chi connectivity index (χ3v) is 8.76. The van der Waals surface area contributed by atoms with Crippen LogP contribution in [0.15, 0.2) is 59.8 Å². The maximum atomic E-state index is 13.4. The van der Waals surface area contributed by atoms with Gasteiger partial charge in [0.2, 0.25) is 5.91 Å².